The fourth-order valence-electron chi connectivity index (χ4n) is 5.02. The van der Waals surface area contributed by atoms with Crippen molar-refractivity contribution in [3.63, 3.8) is 0 Å². The highest BCUT2D eigenvalue weighted by molar-refractivity contribution is 6.33. The van der Waals surface area contributed by atoms with Crippen LogP contribution in [0.15, 0.2) is 54.7 Å². The fourth-order valence-corrected chi connectivity index (χ4v) is 5.28. The SMILES string of the molecule is CCOc1cccnc1-c1ccc(N2CCN(C(=O)c3ccc(C(F)(F)F)cc3Cl)C[C@H]2CC)c(C(=O)NCCN)c1. The van der Waals surface area contributed by atoms with Crippen molar-refractivity contribution in [1.82, 2.24) is 15.2 Å². The van der Waals surface area contributed by atoms with E-state index in [0.717, 1.165) is 18.2 Å². The zero-order chi connectivity index (χ0) is 30.4. The molecule has 1 fully saturated rings. The number of piperazine rings is 1. The van der Waals surface area contributed by atoms with Gasteiger partial charge in [-0.1, -0.05) is 24.6 Å². The molecule has 1 saturated heterocycles. The molecule has 0 aliphatic carbocycles. The Bertz CT molecular complexity index is 1440. The maximum atomic E-state index is 13.3. The van der Waals surface area contributed by atoms with Gasteiger partial charge in [-0.2, -0.15) is 13.2 Å². The summed E-state index contributed by atoms with van der Waals surface area (Å²) < 4.78 is 45.0. The van der Waals surface area contributed by atoms with E-state index in [4.69, 9.17) is 22.1 Å². The molecule has 3 N–H and O–H groups in total. The van der Waals surface area contributed by atoms with E-state index in [0.29, 0.717) is 60.9 Å². The van der Waals surface area contributed by atoms with Gasteiger partial charge in [0.2, 0.25) is 0 Å². The largest absolute Gasteiger partial charge is 0.492 e. The minimum absolute atomic E-state index is 0.0136. The lowest BCUT2D eigenvalue weighted by atomic mass is 10.00. The molecule has 3 aromatic rings. The number of aromatic nitrogens is 1. The third-order valence-corrected chi connectivity index (χ3v) is 7.41. The Labute approximate surface area is 247 Å². The molecule has 42 heavy (non-hydrogen) atoms. The maximum Gasteiger partial charge on any atom is 0.416 e. The third-order valence-electron chi connectivity index (χ3n) is 7.09. The van der Waals surface area contributed by atoms with Crippen molar-refractivity contribution in [2.45, 2.75) is 32.5 Å². The third kappa shape index (κ3) is 6.79. The van der Waals surface area contributed by atoms with Crippen LogP contribution in [-0.4, -0.2) is 67.1 Å². The zero-order valence-electron chi connectivity index (χ0n) is 23.4. The Hall–Kier alpha value is -3.83. The van der Waals surface area contributed by atoms with Crippen LogP contribution in [-0.2, 0) is 6.18 Å². The molecule has 2 amide bonds. The molecular weight excluding hydrogens is 571 g/mol. The zero-order valence-corrected chi connectivity index (χ0v) is 24.1. The van der Waals surface area contributed by atoms with E-state index < -0.39 is 17.6 Å². The number of amides is 2. The van der Waals surface area contributed by atoms with Gasteiger partial charge in [0.1, 0.15) is 11.4 Å². The van der Waals surface area contributed by atoms with Gasteiger partial charge in [-0.05, 0) is 55.8 Å². The van der Waals surface area contributed by atoms with Crippen molar-refractivity contribution in [1.29, 1.82) is 0 Å². The van der Waals surface area contributed by atoms with Gasteiger partial charge in [0.25, 0.3) is 11.8 Å². The predicted octanol–water partition coefficient (Wildman–Crippen LogP) is 5.25. The van der Waals surface area contributed by atoms with Crippen LogP contribution in [0.3, 0.4) is 0 Å². The first kappa shape index (κ1) is 31.1. The van der Waals surface area contributed by atoms with E-state index >= 15 is 0 Å². The Kier molecular flexibility index (Phi) is 9.95. The number of carbonyl (C=O) groups is 2. The normalized spacial score (nSPS) is 15.5. The van der Waals surface area contributed by atoms with Crippen LogP contribution < -0.4 is 20.7 Å². The molecule has 224 valence electrons. The van der Waals surface area contributed by atoms with E-state index in [9.17, 15) is 22.8 Å². The Morgan fingerprint density at radius 2 is 1.90 bits per heavy atom. The first-order chi connectivity index (χ1) is 20.1. The van der Waals surface area contributed by atoms with Gasteiger partial charge in [-0.3, -0.25) is 14.6 Å². The molecule has 0 spiro atoms. The minimum Gasteiger partial charge on any atom is -0.492 e. The molecule has 0 radical (unpaired) electrons. The molecule has 1 aromatic heterocycles. The quantitative estimate of drug-likeness (QED) is 0.347. The van der Waals surface area contributed by atoms with Gasteiger partial charge in [-0.25, -0.2) is 0 Å². The second kappa shape index (κ2) is 13.4. The van der Waals surface area contributed by atoms with Gasteiger partial charge in [0, 0.05) is 56.2 Å². The summed E-state index contributed by atoms with van der Waals surface area (Å²) in [5.74, 6) is -0.140. The lowest BCUT2D eigenvalue weighted by molar-refractivity contribution is -0.137. The van der Waals surface area contributed by atoms with Crippen molar-refractivity contribution >= 4 is 29.1 Å². The van der Waals surface area contributed by atoms with E-state index in [2.05, 4.69) is 15.2 Å². The molecule has 0 saturated carbocycles. The summed E-state index contributed by atoms with van der Waals surface area (Å²) in [6.45, 7) is 5.87. The van der Waals surface area contributed by atoms with Crippen molar-refractivity contribution in [2.75, 3.05) is 44.2 Å². The topological polar surface area (TPSA) is 101 Å². The fraction of sp³-hybridized carbons (Fsp3) is 0.367. The average molecular weight is 604 g/mol. The number of alkyl halides is 3. The van der Waals surface area contributed by atoms with Crippen LogP contribution in [0.2, 0.25) is 5.02 Å². The monoisotopic (exact) mass is 603 g/mol. The van der Waals surface area contributed by atoms with Crippen molar-refractivity contribution in [3.05, 3.63) is 76.4 Å². The number of rotatable bonds is 9. The van der Waals surface area contributed by atoms with Crippen molar-refractivity contribution in [2.24, 2.45) is 5.73 Å². The number of ether oxygens (including phenoxy) is 1. The number of carbonyl (C=O) groups excluding carboxylic acids is 2. The summed E-state index contributed by atoms with van der Waals surface area (Å²) in [7, 11) is 0. The first-order valence-corrected chi connectivity index (χ1v) is 14.1. The number of nitrogens with two attached hydrogens (primary N) is 1. The van der Waals surface area contributed by atoms with E-state index in [1.807, 2.05) is 32.0 Å². The highest BCUT2D eigenvalue weighted by Crippen LogP contribution is 2.35. The Morgan fingerprint density at radius 1 is 1.12 bits per heavy atom. The molecule has 2 aromatic carbocycles. The summed E-state index contributed by atoms with van der Waals surface area (Å²) in [5.41, 5.74) is 7.16. The second-order valence-corrected chi connectivity index (χ2v) is 10.2. The van der Waals surface area contributed by atoms with Gasteiger partial charge in [0.05, 0.1) is 28.3 Å². The van der Waals surface area contributed by atoms with Gasteiger partial charge < -0.3 is 25.6 Å². The summed E-state index contributed by atoms with van der Waals surface area (Å²) in [4.78, 5) is 34.8. The van der Waals surface area contributed by atoms with Crippen LogP contribution in [0.4, 0.5) is 18.9 Å². The van der Waals surface area contributed by atoms with Crippen LogP contribution in [0.1, 0.15) is 46.5 Å². The molecule has 2 heterocycles. The molecule has 1 atom stereocenters. The average Bonchev–Trinajstić information content (AvgIpc) is 2.99. The molecule has 1 aliphatic rings. The van der Waals surface area contributed by atoms with Crippen LogP contribution in [0.25, 0.3) is 11.3 Å². The van der Waals surface area contributed by atoms with Crippen LogP contribution in [0, 0.1) is 0 Å². The smallest absolute Gasteiger partial charge is 0.416 e. The first-order valence-electron chi connectivity index (χ1n) is 13.7. The summed E-state index contributed by atoms with van der Waals surface area (Å²) in [6, 6.07) is 11.7. The molecule has 1 aliphatic heterocycles. The molecule has 0 bridgehead atoms. The number of hydrogen-bond donors (Lipinski definition) is 2. The minimum atomic E-state index is -4.56. The lowest BCUT2D eigenvalue weighted by Crippen LogP contribution is -2.55. The van der Waals surface area contributed by atoms with E-state index in [1.54, 1.807) is 23.2 Å². The lowest BCUT2D eigenvalue weighted by Gasteiger charge is -2.43. The number of nitrogens with one attached hydrogen (secondary N) is 1. The maximum absolute atomic E-state index is 13.3. The van der Waals surface area contributed by atoms with E-state index in [-0.39, 0.29) is 35.6 Å². The molecule has 0 unspecified atom stereocenters. The number of hydrogen-bond acceptors (Lipinski definition) is 6. The van der Waals surface area contributed by atoms with Crippen molar-refractivity contribution in [3.8, 4) is 17.0 Å². The highest BCUT2D eigenvalue weighted by atomic mass is 35.5. The number of anilines is 1. The van der Waals surface area contributed by atoms with E-state index in [1.165, 1.54) is 0 Å². The van der Waals surface area contributed by atoms with Crippen LogP contribution in [0.5, 0.6) is 5.75 Å². The summed E-state index contributed by atoms with van der Waals surface area (Å²) >= 11 is 6.11. The van der Waals surface area contributed by atoms with Crippen molar-refractivity contribution < 1.29 is 27.5 Å². The number of nitrogens with zero attached hydrogens (tertiary/aromatic N) is 3. The number of benzene rings is 2. The Morgan fingerprint density at radius 3 is 2.57 bits per heavy atom. The van der Waals surface area contributed by atoms with Gasteiger partial charge in [-0.15, -0.1) is 0 Å². The highest BCUT2D eigenvalue weighted by Gasteiger charge is 2.34. The molecular formula is C30H33ClF3N5O3. The molecule has 12 heteroatoms. The standard InChI is InChI=1S/C30H33ClF3N5O3/c1-3-21-18-38(29(41)22-9-8-20(17-24(22)31)30(32,33)34)14-15-39(21)25-10-7-19(16-23(25)28(40)37-13-11-35)27-26(42-4-2)6-5-12-36-27/h5-10,12,16-17,21H,3-4,11,13-15,18,35H2,1-2H3,(H,37,40)/t21-/m1/s1. The summed E-state index contributed by atoms with van der Waals surface area (Å²) in [5, 5.41) is 2.60. The molecule has 8 nitrogen and oxygen atoms in total. The number of halogens is 4. The second-order valence-electron chi connectivity index (χ2n) is 9.76. The van der Waals surface area contributed by atoms with Gasteiger partial charge >= 0.3 is 6.18 Å². The number of pyridine rings is 1. The Balaban J connectivity index is 1.64. The summed E-state index contributed by atoms with van der Waals surface area (Å²) in [6.07, 6.45) is -2.26. The predicted molar refractivity (Wildman–Crippen MR) is 156 cm³/mol. The molecule has 4 rings (SSSR count). The van der Waals surface area contributed by atoms with Gasteiger partial charge in [0.15, 0.2) is 0 Å². The van der Waals surface area contributed by atoms with Crippen LogP contribution >= 0.6 is 11.6 Å².